The van der Waals surface area contributed by atoms with Crippen LogP contribution in [0.15, 0.2) is 41.3 Å². The molecular formula is C17H16NO8S-. The number of carboxylic acids is 1. The molecule has 0 aliphatic rings. The number of sulfonamides is 1. The highest BCUT2D eigenvalue weighted by atomic mass is 32.2. The van der Waals surface area contributed by atoms with Crippen LogP contribution in [0.2, 0.25) is 0 Å². The van der Waals surface area contributed by atoms with Crippen molar-refractivity contribution in [1.29, 1.82) is 0 Å². The smallest absolute Gasteiger partial charge is 0.340 e. The summed E-state index contributed by atoms with van der Waals surface area (Å²) in [5, 5.41) is 11.0. The number of ether oxygens (including phenoxy) is 3. The van der Waals surface area contributed by atoms with Gasteiger partial charge in [-0.25, -0.2) is 13.2 Å². The molecule has 0 aliphatic heterocycles. The molecule has 0 aliphatic carbocycles. The first-order valence-corrected chi connectivity index (χ1v) is 8.90. The molecule has 0 saturated carbocycles. The number of carboxylic acid groups (broad SMARTS) is 1. The van der Waals surface area contributed by atoms with Crippen molar-refractivity contribution in [2.75, 3.05) is 26.1 Å². The normalized spacial score (nSPS) is 10.8. The molecular weight excluding hydrogens is 378 g/mol. The molecule has 0 aromatic heterocycles. The lowest BCUT2D eigenvalue weighted by molar-refractivity contribution is -0.255. The zero-order chi connectivity index (χ0) is 20.2. The first kappa shape index (κ1) is 20.0. The number of aromatic carboxylic acids is 1. The molecule has 10 heteroatoms. The highest BCUT2D eigenvalue weighted by molar-refractivity contribution is 7.92. The van der Waals surface area contributed by atoms with E-state index in [4.69, 9.17) is 9.47 Å². The summed E-state index contributed by atoms with van der Waals surface area (Å²) in [4.78, 5) is 22.7. The van der Waals surface area contributed by atoms with Crippen molar-refractivity contribution in [2.45, 2.75) is 4.90 Å². The topological polar surface area (TPSA) is 131 Å². The van der Waals surface area contributed by atoms with E-state index < -0.39 is 22.0 Å². The molecule has 9 nitrogen and oxygen atoms in total. The number of hydrogen-bond acceptors (Lipinski definition) is 8. The van der Waals surface area contributed by atoms with E-state index in [1.807, 2.05) is 0 Å². The third-order valence-corrected chi connectivity index (χ3v) is 4.92. The summed E-state index contributed by atoms with van der Waals surface area (Å²) in [6, 6.07) is 7.12. The first-order chi connectivity index (χ1) is 12.7. The van der Waals surface area contributed by atoms with Crippen molar-refractivity contribution in [3.8, 4) is 11.5 Å². The molecule has 0 heterocycles. The van der Waals surface area contributed by atoms with E-state index in [1.165, 1.54) is 44.6 Å². The predicted octanol–water partition coefficient (Wildman–Crippen LogP) is 0.655. The summed E-state index contributed by atoms with van der Waals surface area (Å²) in [6.07, 6.45) is 0. The van der Waals surface area contributed by atoms with Crippen LogP contribution in [-0.2, 0) is 14.8 Å². The van der Waals surface area contributed by atoms with Crippen LogP contribution in [0, 0.1) is 0 Å². The van der Waals surface area contributed by atoms with Crippen molar-refractivity contribution in [3.63, 3.8) is 0 Å². The summed E-state index contributed by atoms with van der Waals surface area (Å²) < 4.78 is 42.4. The average molecular weight is 394 g/mol. The molecule has 144 valence electrons. The summed E-state index contributed by atoms with van der Waals surface area (Å²) >= 11 is 0. The molecule has 2 rings (SSSR count). The molecule has 0 bridgehead atoms. The van der Waals surface area contributed by atoms with Gasteiger partial charge in [0.1, 0.15) is 0 Å². The molecule has 0 spiro atoms. The molecule has 0 fully saturated rings. The monoisotopic (exact) mass is 394 g/mol. The minimum atomic E-state index is -4.22. The number of carbonyl (C=O) groups excluding carboxylic acids is 2. The molecule has 0 amide bonds. The highest BCUT2D eigenvalue weighted by Crippen LogP contribution is 2.34. The molecule has 0 radical (unpaired) electrons. The second-order valence-corrected chi connectivity index (χ2v) is 6.85. The summed E-state index contributed by atoms with van der Waals surface area (Å²) in [5.74, 6) is -1.96. The maximum atomic E-state index is 12.6. The van der Waals surface area contributed by atoms with Crippen LogP contribution in [0.4, 0.5) is 5.69 Å². The van der Waals surface area contributed by atoms with Gasteiger partial charge < -0.3 is 24.1 Å². The second-order valence-electron chi connectivity index (χ2n) is 5.17. The fourth-order valence-electron chi connectivity index (χ4n) is 2.24. The van der Waals surface area contributed by atoms with Crippen molar-refractivity contribution in [2.24, 2.45) is 0 Å². The number of rotatable bonds is 7. The first-order valence-electron chi connectivity index (χ1n) is 7.42. The average Bonchev–Trinajstić information content (AvgIpc) is 2.66. The van der Waals surface area contributed by atoms with E-state index in [-0.39, 0.29) is 33.2 Å². The van der Waals surface area contributed by atoms with E-state index in [1.54, 1.807) is 0 Å². The van der Waals surface area contributed by atoms with E-state index in [2.05, 4.69) is 9.46 Å². The number of methoxy groups -OCH3 is 3. The van der Waals surface area contributed by atoms with Crippen molar-refractivity contribution in [1.82, 2.24) is 0 Å². The Labute approximate surface area is 155 Å². The van der Waals surface area contributed by atoms with Gasteiger partial charge in [-0.3, -0.25) is 4.72 Å². The minimum Gasteiger partial charge on any atom is -0.545 e. The Balaban J connectivity index is 2.55. The van der Waals surface area contributed by atoms with Crippen LogP contribution in [0.3, 0.4) is 0 Å². The molecule has 27 heavy (non-hydrogen) atoms. The van der Waals surface area contributed by atoms with E-state index in [0.717, 1.165) is 13.2 Å². The summed E-state index contributed by atoms with van der Waals surface area (Å²) in [6.45, 7) is 0. The van der Waals surface area contributed by atoms with Crippen LogP contribution >= 0.6 is 0 Å². The molecule has 0 unspecified atom stereocenters. The highest BCUT2D eigenvalue weighted by Gasteiger charge is 2.22. The quantitative estimate of drug-likeness (QED) is 0.678. The van der Waals surface area contributed by atoms with Crippen molar-refractivity contribution >= 4 is 27.6 Å². The Morgan fingerprint density at radius 2 is 1.63 bits per heavy atom. The third kappa shape index (κ3) is 4.29. The van der Waals surface area contributed by atoms with Gasteiger partial charge in [-0.15, -0.1) is 0 Å². The van der Waals surface area contributed by atoms with E-state index in [0.29, 0.717) is 0 Å². The van der Waals surface area contributed by atoms with Gasteiger partial charge in [0.2, 0.25) is 0 Å². The predicted molar refractivity (Wildman–Crippen MR) is 92.5 cm³/mol. The number of esters is 1. The van der Waals surface area contributed by atoms with Crippen molar-refractivity contribution < 1.29 is 37.3 Å². The van der Waals surface area contributed by atoms with E-state index in [9.17, 15) is 23.1 Å². The van der Waals surface area contributed by atoms with Gasteiger partial charge in [0.25, 0.3) is 10.0 Å². The Morgan fingerprint density at radius 1 is 1.00 bits per heavy atom. The lowest BCUT2D eigenvalue weighted by atomic mass is 10.1. The molecule has 2 aromatic carbocycles. The second kappa shape index (κ2) is 7.96. The van der Waals surface area contributed by atoms with Gasteiger partial charge >= 0.3 is 5.97 Å². The standard InChI is InChI=1S/C17H17NO8S/c1-24-14-8-12(17(21)26-3)13(9-15(14)25-2)18-27(22,23)11-6-4-5-10(7-11)16(19)20/h4-9,18H,1-3H3,(H,19,20)/p-1. The Bertz CT molecular complexity index is 984. The summed E-state index contributed by atoms with van der Waals surface area (Å²) in [5.41, 5.74) is -0.550. The maximum Gasteiger partial charge on any atom is 0.340 e. The van der Waals surface area contributed by atoms with Gasteiger partial charge in [-0.2, -0.15) is 0 Å². The van der Waals surface area contributed by atoms with Gasteiger partial charge in [-0.05, 0) is 17.7 Å². The van der Waals surface area contributed by atoms with Gasteiger partial charge in [0.05, 0.1) is 43.4 Å². The number of benzene rings is 2. The van der Waals surface area contributed by atoms with Gasteiger partial charge in [0, 0.05) is 12.1 Å². The van der Waals surface area contributed by atoms with Gasteiger partial charge in [0.15, 0.2) is 11.5 Å². The SMILES string of the molecule is COC(=O)c1cc(OC)c(OC)cc1NS(=O)(=O)c1cccc(C(=O)[O-])c1. The molecule has 0 atom stereocenters. The zero-order valence-corrected chi connectivity index (χ0v) is 15.5. The Hall–Kier alpha value is -3.27. The Kier molecular flexibility index (Phi) is 5.91. The Morgan fingerprint density at radius 3 is 2.19 bits per heavy atom. The van der Waals surface area contributed by atoms with Crippen LogP contribution < -0.4 is 19.3 Å². The molecule has 0 saturated heterocycles. The van der Waals surface area contributed by atoms with Crippen LogP contribution in [-0.4, -0.2) is 41.7 Å². The number of hydrogen-bond donors (Lipinski definition) is 1. The lowest BCUT2D eigenvalue weighted by Gasteiger charge is -2.16. The molecule has 1 N–H and O–H groups in total. The maximum absolute atomic E-state index is 12.6. The summed E-state index contributed by atoms with van der Waals surface area (Å²) in [7, 11) is -0.384. The fourth-order valence-corrected chi connectivity index (χ4v) is 3.35. The third-order valence-electron chi connectivity index (χ3n) is 3.55. The van der Waals surface area contributed by atoms with Crippen LogP contribution in [0.5, 0.6) is 11.5 Å². The largest absolute Gasteiger partial charge is 0.545 e. The lowest BCUT2D eigenvalue weighted by Crippen LogP contribution is -2.23. The van der Waals surface area contributed by atoms with E-state index >= 15 is 0 Å². The number of anilines is 1. The minimum absolute atomic E-state index is 0.116. The fraction of sp³-hybridized carbons (Fsp3) is 0.176. The van der Waals surface area contributed by atoms with Crippen LogP contribution in [0.1, 0.15) is 20.7 Å². The zero-order valence-electron chi connectivity index (χ0n) is 14.6. The number of carbonyl (C=O) groups is 2. The molecule has 2 aromatic rings. The van der Waals surface area contributed by atoms with Crippen molar-refractivity contribution in [3.05, 3.63) is 47.5 Å². The number of nitrogens with one attached hydrogen (secondary N) is 1. The van der Waals surface area contributed by atoms with Gasteiger partial charge in [-0.1, -0.05) is 12.1 Å². The van der Waals surface area contributed by atoms with Crippen LogP contribution in [0.25, 0.3) is 0 Å².